The Kier molecular flexibility index (Phi) is 6.20. The number of para-hydroxylation sites is 1. The standard InChI is InChI=1S/C24H18ClF3N4O/c1-31(15-16-5-4-12-29-14-16)23(33)18-10-8-17(9-11-18)21-13-22(24(26,27)28)30-32(21)20-7-3-2-6-19(20)25/h2-14H,15H2,1H3. The molecule has 5 nitrogen and oxygen atoms in total. The van der Waals surface area contributed by atoms with E-state index in [1.807, 2.05) is 6.07 Å². The summed E-state index contributed by atoms with van der Waals surface area (Å²) in [6, 6.07) is 17.5. The summed E-state index contributed by atoms with van der Waals surface area (Å²) in [6.45, 7) is 0.378. The van der Waals surface area contributed by atoms with E-state index in [9.17, 15) is 18.0 Å². The third kappa shape index (κ3) is 4.90. The molecule has 33 heavy (non-hydrogen) atoms. The summed E-state index contributed by atoms with van der Waals surface area (Å²) < 4.78 is 41.3. The van der Waals surface area contributed by atoms with Gasteiger partial charge in [0.25, 0.3) is 5.91 Å². The summed E-state index contributed by atoms with van der Waals surface area (Å²) in [5, 5.41) is 4.01. The summed E-state index contributed by atoms with van der Waals surface area (Å²) >= 11 is 6.21. The minimum Gasteiger partial charge on any atom is -0.337 e. The average molecular weight is 471 g/mol. The van der Waals surface area contributed by atoms with E-state index >= 15 is 0 Å². The maximum absolute atomic E-state index is 13.4. The van der Waals surface area contributed by atoms with Crippen LogP contribution in [0.2, 0.25) is 5.02 Å². The van der Waals surface area contributed by atoms with Crippen LogP contribution in [-0.4, -0.2) is 32.6 Å². The molecule has 168 valence electrons. The van der Waals surface area contributed by atoms with Crippen LogP contribution in [0.1, 0.15) is 21.6 Å². The molecule has 0 saturated carbocycles. The Bertz CT molecular complexity index is 1270. The molecule has 2 aromatic carbocycles. The summed E-state index contributed by atoms with van der Waals surface area (Å²) in [4.78, 5) is 18.4. The predicted octanol–water partition coefficient (Wildman–Crippen LogP) is 5.88. The Hall–Kier alpha value is -3.65. The second kappa shape index (κ2) is 9.07. The van der Waals surface area contributed by atoms with Gasteiger partial charge in [-0.15, -0.1) is 0 Å². The lowest BCUT2D eigenvalue weighted by atomic mass is 10.1. The molecule has 0 unspecified atom stereocenters. The molecule has 0 aliphatic carbocycles. The highest BCUT2D eigenvalue weighted by atomic mass is 35.5. The Labute approximate surface area is 193 Å². The zero-order valence-corrected chi connectivity index (χ0v) is 18.2. The number of nitrogens with zero attached hydrogens (tertiary/aromatic N) is 4. The van der Waals surface area contributed by atoms with E-state index in [0.717, 1.165) is 16.3 Å². The SMILES string of the molecule is CN(Cc1cccnc1)C(=O)c1ccc(-c2cc(C(F)(F)F)nn2-c2ccccc2Cl)cc1. The van der Waals surface area contributed by atoms with Crippen LogP contribution >= 0.6 is 11.6 Å². The fraction of sp³-hybridized carbons (Fsp3) is 0.125. The number of pyridine rings is 1. The average Bonchev–Trinajstić information content (AvgIpc) is 3.25. The lowest BCUT2D eigenvalue weighted by Gasteiger charge is -2.17. The van der Waals surface area contributed by atoms with Gasteiger partial charge in [-0.25, -0.2) is 4.68 Å². The van der Waals surface area contributed by atoms with E-state index in [0.29, 0.717) is 23.4 Å². The van der Waals surface area contributed by atoms with Gasteiger partial charge in [0, 0.05) is 37.1 Å². The van der Waals surface area contributed by atoms with Crippen LogP contribution in [0.4, 0.5) is 13.2 Å². The van der Waals surface area contributed by atoms with Crippen molar-refractivity contribution in [2.75, 3.05) is 7.05 Å². The quantitative estimate of drug-likeness (QED) is 0.366. The van der Waals surface area contributed by atoms with Crippen LogP contribution in [-0.2, 0) is 12.7 Å². The minimum atomic E-state index is -4.62. The van der Waals surface area contributed by atoms with Gasteiger partial charge in [0.1, 0.15) is 0 Å². The van der Waals surface area contributed by atoms with Crippen molar-refractivity contribution in [3.63, 3.8) is 0 Å². The van der Waals surface area contributed by atoms with Crippen LogP contribution in [0.3, 0.4) is 0 Å². The lowest BCUT2D eigenvalue weighted by Crippen LogP contribution is -2.26. The van der Waals surface area contributed by atoms with Gasteiger partial charge < -0.3 is 4.90 Å². The molecule has 0 N–H and O–H groups in total. The first kappa shape index (κ1) is 22.5. The van der Waals surface area contributed by atoms with Crippen LogP contribution in [0.25, 0.3) is 16.9 Å². The fourth-order valence-corrected chi connectivity index (χ4v) is 3.59. The van der Waals surface area contributed by atoms with E-state index in [1.165, 1.54) is 0 Å². The van der Waals surface area contributed by atoms with E-state index in [1.54, 1.807) is 78.9 Å². The molecular weight excluding hydrogens is 453 g/mol. The fourth-order valence-electron chi connectivity index (χ4n) is 3.37. The summed E-state index contributed by atoms with van der Waals surface area (Å²) in [6.07, 6.45) is -1.28. The molecule has 0 atom stereocenters. The van der Waals surface area contributed by atoms with Crippen LogP contribution in [0, 0.1) is 0 Å². The molecule has 4 rings (SSSR count). The first-order valence-corrected chi connectivity index (χ1v) is 10.3. The van der Waals surface area contributed by atoms with Crippen LogP contribution < -0.4 is 0 Å². The monoisotopic (exact) mass is 470 g/mol. The Balaban J connectivity index is 1.65. The number of carbonyl (C=O) groups is 1. The molecule has 0 aliphatic rings. The molecule has 0 saturated heterocycles. The molecule has 1 amide bonds. The number of hydrogen-bond donors (Lipinski definition) is 0. The molecule has 0 spiro atoms. The number of halogens is 4. The number of hydrogen-bond acceptors (Lipinski definition) is 3. The van der Waals surface area contributed by atoms with Crippen molar-refractivity contribution >= 4 is 17.5 Å². The number of aromatic nitrogens is 3. The van der Waals surface area contributed by atoms with Gasteiger partial charge in [0.2, 0.25) is 0 Å². The van der Waals surface area contributed by atoms with Gasteiger partial charge in [-0.1, -0.05) is 41.9 Å². The van der Waals surface area contributed by atoms with Crippen molar-refractivity contribution in [2.24, 2.45) is 0 Å². The number of amides is 1. The Morgan fingerprint density at radius 3 is 2.42 bits per heavy atom. The molecule has 0 fully saturated rings. The van der Waals surface area contributed by atoms with Crippen LogP contribution in [0.15, 0.2) is 79.1 Å². The smallest absolute Gasteiger partial charge is 0.337 e. The zero-order valence-electron chi connectivity index (χ0n) is 17.4. The van der Waals surface area contributed by atoms with Gasteiger partial charge in [0.15, 0.2) is 5.69 Å². The predicted molar refractivity (Wildman–Crippen MR) is 119 cm³/mol. The first-order valence-electron chi connectivity index (χ1n) is 9.91. The maximum atomic E-state index is 13.4. The highest BCUT2D eigenvalue weighted by molar-refractivity contribution is 6.32. The third-order valence-electron chi connectivity index (χ3n) is 5.00. The summed E-state index contributed by atoms with van der Waals surface area (Å²) in [7, 11) is 1.67. The Morgan fingerprint density at radius 2 is 1.79 bits per heavy atom. The van der Waals surface area contributed by atoms with Crippen molar-refractivity contribution in [1.29, 1.82) is 0 Å². The number of alkyl halides is 3. The molecule has 2 heterocycles. The van der Waals surface area contributed by atoms with E-state index in [-0.39, 0.29) is 16.6 Å². The molecule has 2 aromatic heterocycles. The van der Waals surface area contributed by atoms with Gasteiger partial charge in [0.05, 0.1) is 16.4 Å². The third-order valence-corrected chi connectivity index (χ3v) is 5.32. The lowest BCUT2D eigenvalue weighted by molar-refractivity contribution is -0.141. The van der Waals surface area contributed by atoms with Gasteiger partial charge in [-0.3, -0.25) is 9.78 Å². The van der Waals surface area contributed by atoms with Crippen molar-refractivity contribution in [3.8, 4) is 16.9 Å². The first-order chi connectivity index (χ1) is 15.7. The van der Waals surface area contributed by atoms with E-state index < -0.39 is 11.9 Å². The topological polar surface area (TPSA) is 51.0 Å². The van der Waals surface area contributed by atoms with Gasteiger partial charge in [-0.2, -0.15) is 18.3 Å². The maximum Gasteiger partial charge on any atom is 0.435 e. The number of carbonyl (C=O) groups excluding carboxylic acids is 1. The van der Waals surface area contributed by atoms with E-state index in [4.69, 9.17) is 11.6 Å². The van der Waals surface area contributed by atoms with Gasteiger partial charge >= 0.3 is 6.18 Å². The molecular formula is C24H18ClF3N4O. The highest BCUT2D eigenvalue weighted by Gasteiger charge is 2.35. The van der Waals surface area contributed by atoms with Crippen LogP contribution in [0.5, 0.6) is 0 Å². The van der Waals surface area contributed by atoms with E-state index in [2.05, 4.69) is 10.1 Å². The second-order valence-corrected chi connectivity index (χ2v) is 7.78. The normalized spacial score (nSPS) is 11.4. The molecule has 4 aromatic rings. The number of rotatable bonds is 5. The highest BCUT2D eigenvalue weighted by Crippen LogP contribution is 2.34. The van der Waals surface area contributed by atoms with Crippen molar-refractivity contribution in [3.05, 3.63) is 101 Å². The molecule has 0 aliphatic heterocycles. The minimum absolute atomic E-state index is 0.207. The largest absolute Gasteiger partial charge is 0.435 e. The van der Waals surface area contributed by atoms with Gasteiger partial charge in [-0.05, 0) is 42.0 Å². The zero-order chi connectivity index (χ0) is 23.6. The van der Waals surface area contributed by atoms with Crippen molar-refractivity contribution < 1.29 is 18.0 Å². The molecule has 0 bridgehead atoms. The Morgan fingerprint density at radius 1 is 1.06 bits per heavy atom. The molecule has 0 radical (unpaired) electrons. The molecule has 9 heteroatoms. The van der Waals surface area contributed by atoms with Crippen molar-refractivity contribution in [1.82, 2.24) is 19.7 Å². The van der Waals surface area contributed by atoms with Crippen molar-refractivity contribution in [2.45, 2.75) is 12.7 Å². The summed E-state index contributed by atoms with van der Waals surface area (Å²) in [5.74, 6) is -0.221. The number of benzene rings is 2. The summed E-state index contributed by atoms with van der Waals surface area (Å²) in [5.41, 5.74) is 1.25. The second-order valence-electron chi connectivity index (χ2n) is 7.38.